The normalized spacial score (nSPS) is 29.5. The predicted octanol–water partition coefficient (Wildman–Crippen LogP) is 3.22. The van der Waals surface area contributed by atoms with E-state index >= 15 is 0 Å². The fraction of sp³-hybridized carbons (Fsp3) is 0.458. The van der Waals surface area contributed by atoms with Crippen LogP contribution < -0.4 is 20.1 Å². The van der Waals surface area contributed by atoms with E-state index in [-0.39, 0.29) is 35.6 Å². The number of hydrogen-bond acceptors (Lipinski definition) is 5. The summed E-state index contributed by atoms with van der Waals surface area (Å²) in [5, 5.41) is 6.27. The highest BCUT2D eigenvalue weighted by Crippen LogP contribution is 2.52. The van der Waals surface area contributed by atoms with Crippen molar-refractivity contribution in [3.05, 3.63) is 53.9 Å². The Kier molecular flexibility index (Phi) is 4.84. The van der Waals surface area contributed by atoms with E-state index in [0.717, 1.165) is 18.5 Å². The fourth-order valence-electron chi connectivity index (χ4n) is 5.47. The van der Waals surface area contributed by atoms with Crippen molar-refractivity contribution in [2.24, 2.45) is 17.8 Å². The number of aromatic nitrogens is 1. The second-order valence-electron chi connectivity index (χ2n) is 8.87. The minimum atomic E-state index is -0.747. The number of carbonyl (C=O) groups excluding carboxylic acids is 2. The molecule has 2 aromatic rings. The molecule has 2 N–H and O–H groups in total. The molecule has 2 heterocycles. The molecule has 5 atom stereocenters. The van der Waals surface area contributed by atoms with Crippen LogP contribution in [0.2, 0.25) is 0 Å². The molecule has 6 rings (SSSR count). The van der Waals surface area contributed by atoms with Gasteiger partial charge in [0.05, 0.1) is 24.4 Å². The average molecular weight is 421 g/mol. The lowest BCUT2D eigenvalue weighted by Gasteiger charge is -2.55. The first-order valence-electron chi connectivity index (χ1n) is 10.9. The van der Waals surface area contributed by atoms with Crippen molar-refractivity contribution in [3.8, 4) is 11.5 Å². The van der Waals surface area contributed by atoms with Crippen molar-refractivity contribution >= 4 is 11.8 Å². The van der Waals surface area contributed by atoms with Gasteiger partial charge < -0.3 is 20.1 Å². The first-order chi connectivity index (χ1) is 15.0. The number of fused-ring (bicyclic) bond motifs is 3. The van der Waals surface area contributed by atoms with Crippen molar-refractivity contribution in [1.29, 1.82) is 0 Å². The van der Waals surface area contributed by atoms with E-state index in [4.69, 9.17) is 9.47 Å². The molecule has 5 unspecified atom stereocenters. The first kappa shape index (κ1) is 19.8. The molecule has 0 saturated heterocycles. The molecule has 1 aromatic carbocycles. The smallest absolute Gasteiger partial charge is 0.258 e. The maximum Gasteiger partial charge on any atom is 0.258 e. The largest absolute Gasteiger partial charge is 0.497 e. The lowest BCUT2D eigenvalue weighted by molar-refractivity contribution is -0.147. The Morgan fingerprint density at radius 3 is 2.90 bits per heavy atom. The van der Waals surface area contributed by atoms with Crippen LogP contribution in [0.15, 0.2) is 42.6 Å². The quantitative estimate of drug-likeness (QED) is 0.791. The number of amides is 2. The van der Waals surface area contributed by atoms with Crippen LogP contribution >= 0.6 is 0 Å². The number of carbonyl (C=O) groups is 2. The third-order valence-corrected chi connectivity index (χ3v) is 7.10. The molecule has 1 spiro atoms. The monoisotopic (exact) mass is 421 g/mol. The van der Waals surface area contributed by atoms with Gasteiger partial charge in [-0.25, -0.2) is 0 Å². The second kappa shape index (κ2) is 7.55. The molecule has 1 aromatic heterocycles. The van der Waals surface area contributed by atoms with Gasteiger partial charge in [0, 0.05) is 30.5 Å². The zero-order chi connectivity index (χ0) is 21.6. The summed E-state index contributed by atoms with van der Waals surface area (Å²) in [7, 11) is 1.60. The lowest BCUT2D eigenvalue weighted by Crippen LogP contribution is -2.67. The molecule has 7 heteroatoms. The highest BCUT2D eigenvalue weighted by Gasteiger charge is 2.57. The van der Waals surface area contributed by atoms with Crippen LogP contribution in [-0.4, -0.2) is 29.6 Å². The summed E-state index contributed by atoms with van der Waals surface area (Å²) in [5.41, 5.74) is 0.621. The Labute approximate surface area is 181 Å². The summed E-state index contributed by atoms with van der Waals surface area (Å²) >= 11 is 0. The molecule has 0 radical (unpaired) electrons. The second-order valence-corrected chi connectivity index (χ2v) is 8.87. The molecular weight excluding hydrogens is 394 g/mol. The van der Waals surface area contributed by atoms with Gasteiger partial charge in [0.25, 0.3) is 5.91 Å². The standard InChI is InChI=1S/C24H27N3O4/c1-14(20-5-3-4-10-25-20)26-22(28)19-11-16-7-6-15(19)13-24(16)27-23(29)18-9-8-17(30-2)12-21(18)31-24/h3-5,8-10,12,14-16,19H,6-7,11,13H2,1-2H3,(H,26,28)(H,27,29). The van der Waals surface area contributed by atoms with Crippen LogP contribution in [-0.2, 0) is 4.79 Å². The molecule has 3 aliphatic carbocycles. The number of hydrogen-bond donors (Lipinski definition) is 2. The van der Waals surface area contributed by atoms with Gasteiger partial charge in [0.15, 0.2) is 5.72 Å². The number of methoxy groups -OCH3 is 1. The van der Waals surface area contributed by atoms with E-state index < -0.39 is 5.72 Å². The van der Waals surface area contributed by atoms with Crippen LogP contribution in [0.25, 0.3) is 0 Å². The highest BCUT2D eigenvalue weighted by molar-refractivity contribution is 5.98. The van der Waals surface area contributed by atoms with E-state index in [1.54, 1.807) is 31.5 Å². The maximum atomic E-state index is 13.1. The summed E-state index contributed by atoms with van der Waals surface area (Å²) in [6.45, 7) is 1.96. The minimum absolute atomic E-state index is 0.0620. The average Bonchev–Trinajstić information content (AvgIpc) is 2.79. The SMILES string of the molecule is COc1ccc2c(c1)OC1(CC3CCC1CC3C(=O)NC(C)c1ccccn1)NC2=O. The molecule has 2 bridgehead atoms. The molecule has 3 saturated carbocycles. The fourth-order valence-corrected chi connectivity index (χ4v) is 5.47. The van der Waals surface area contributed by atoms with E-state index in [9.17, 15) is 9.59 Å². The molecule has 3 fully saturated rings. The summed E-state index contributed by atoms with van der Waals surface area (Å²) < 4.78 is 11.7. The van der Waals surface area contributed by atoms with Gasteiger partial charge in [0.1, 0.15) is 11.5 Å². The third-order valence-electron chi connectivity index (χ3n) is 7.10. The number of ether oxygens (including phenoxy) is 2. The predicted molar refractivity (Wildman–Crippen MR) is 114 cm³/mol. The van der Waals surface area contributed by atoms with Gasteiger partial charge >= 0.3 is 0 Å². The molecule has 4 aliphatic rings. The Morgan fingerprint density at radius 2 is 2.19 bits per heavy atom. The van der Waals surface area contributed by atoms with Gasteiger partial charge in [-0.2, -0.15) is 0 Å². The van der Waals surface area contributed by atoms with E-state index in [1.165, 1.54) is 0 Å². The summed E-state index contributed by atoms with van der Waals surface area (Å²) in [6.07, 6.45) is 4.97. The van der Waals surface area contributed by atoms with Crippen LogP contribution in [0.5, 0.6) is 11.5 Å². The molecular formula is C24H27N3O4. The third kappa shape index (κ3) is 3.42. The van der Waals surface area contributed by atoms with Crippen LogP contribution in [0.4, 0.5) is 0 Å². The zero-order valence-corrected chi connectivity index (χ0v) is 17.8. The molecule has 2 amide bonds. The van der Waals surface area contributed by atoms with Crippen molar-refractivity contribution in [3.63, 3.8) is 0 Å². The van der Waals surface area contributed by atoms with Crippen molar-refractivity contribution in [2.75, 3.05) is 7.11 Å². The number of pyridine rings is 1. The van der Waals surface area contributed by atoms with Crippen molar-refractivity contribution in [1.82, 2.24) is 15.6 Å². The Balaban J connectivity index is 1.33. The highest BCUT2D eigenvalue weighted by atomic mass is 16.5. The number of nitrogens with zero attached hydrogens (tertiary/aromatic N) is 1. The Hall–Kier alpha value is -3.09. The van der Waals surface area contributed by atoms with Crippen LogP contribution in [0.1, 0.15) is 54.7 Å². The lowest BCUT2D eigenvalue weighted by atomic mass is 9.60. The van der Waals surface area contributed by atoms with Gasteiger partial charge in [-0.05, 0) is 56.4 Å². The summed E-state index contributed by atoms with van der Waals surface area (Å²) in [6, 6.07) is 10.8. The Morgan fingerprint density at radius 1 is 1.32 bits per heavy atom. The zero-order valence-electron chi connectivity index (χ0n) is 17.8. The van der Waals surface area contributed by atoms with Crippen molar-refractivity contribution < 1.29 is 19.1 Å². The van der Waals surface area contributed by atoms with Gasteiger partial charge in [0.2, 0.25) is 5.91 Å². The number of nitrogens with one attached hydrogen (secondary N) is 2. The number of rotatable bonds is 4. The van der Waals surface area contributed by atoms with Crippen LogP contribution in [0, 0.1) is 17.8 Å². The summed E-state index contributed by atoms with van der Waals surface area (Å²) in [4.78, 5) is 30.3. The minimum Gasteiger partial charge on any atom is -0.497 e. The Bertz CT molecular complexity index is 1010. The topological polar surface area (TPSA) is 89.6 Å². The van der Waals surface area contributed by atoms with Crippen LogP contribution in [0.3, 0.4) is 0 Å². The molecule has 1 aliphatic heterocycles. The molecule has 162 valence electrons. The number of benzene rings is 1. The van der Waals surface area contributed by atoms with E-state index in [0.29, 0.717) is 29.9 Å². The van der Waals surface area contributed by atoms with E-state index in [2.05, 4.69) is 15.6 Å². The van der Waals surface area contributed by atoms with Gasteiger partial charge in [-0.15, -0.1) is 0 Å². The first-order valence-corrected chi connectivity index (χ1v) is 10.9. The van der Waals surface area contributed by atoms with Gasteiger partial charge in [-0.3, -0.25) is 14.6 Å². The van der Waals surface area contributed by atoms with Crippen molar-refractivity contribution in [2.45, 2.75) is 44.4 Å². The van der Waals surface area contributed by atoms with E-state index in [1.807, 2.05) is 25.1 Å². The summed E-state index contributed by atoms with van der Waals surface area (Å²) in [5.74, 6) is 1.32. The van der Waals surface area contributed by atoms with Gasteiger partial charge in [-0.1, -0.05) is 6.07 Å². The maximum absolute atomic E-state index is 13.1. The molecule has 7 nitrogen and oxygen atoms in total. The molecule has 31 heavy (non-hydrogen) atoms.